The molecule has 324 valence electrons. The number of phenols is 1. The average Bonchev–Trinajstić information content (AvgIpc) is 3.70. The third-order valence-electron chi connectivity index (χ3n) is 11.5. The van der Waals surface area contributed by atoms with Crippen molar-refractivity contribution < 1.29 is 38.9 Å². The number of ether oxygens (including phenoxy) is 1. The lowest BCUT2D eigenvalue weighted by molar-refractivity contribution is -0.147. The Bertz CT molecular complexity index is 1610. The number of aromatic nitrogens is 1. The quantitative estimate of drug-likeness (QED) is 0.0894. The number of nitrogens with one attached hydrogen (secondary N) is 1. The number of benzene rings is 1. The topological polar surface area (TPSA) is 166 Å². The Morgan fingerprint density at radius 1 is 0.983 bits per heavy atom. The number of phenolic OH excluding ortho intramolecular Hbond substituents is 1. The smallest absolute Gasteiger partial charge is 0.306 e. The molecule has 0 saturated carbocycles. The molecular formula is C45H70N4O8S. The summed E-state index contributed by atoms with van der Waals surface area (Å²) in [5, 5.41) is 24.7. The zero-order chi connectivity index (χ0) is 42.9. The van der Waals surface area contributed by atoms with Crippen molar-refractivity contribution in [2.24, 2.45) is 23.7 Å². The summed E-state index contributed by atoms with van der Waals surface area (Å²) in [7, 11) is 0. The van der Waals surface area contributed by atoms with E-state index in [1.54, 1.807) is 41.5 Å². The van der Waals surface area contributed by atoms with E-state index in [2.05, 4.69) is 19.2 Å². The fraction of sp³-hybridized carbons (Fsp3) is 0.689. The van der Waals surface area contributed by atoms with Crippen molar-refractivity contribution in [2.75, 3.05) is 19.7 Å². The lowest BCUT2D eigenvalue weighted by atomic mass is 9.82. The Hall–Kier alpha value is -3.84. The summed E-state index contributed by atoms with van der Waals surface area (Å²) in [5.41, 5.74) is 1.05. The van der Waals surface area contributed by atoms with Gasteiger partial charge in [0.25, 0.3) is 5.91 Å². The summed E-state index contributed by atoms with van der Waals surface area (Å²) < 4.78 is 6.44. The van der Waals surface area contributed by atoms with Crippen LogP contribution in [-0.4, -0.2) is 92.3 Å². The number of ketones is 1. The second-order valence-electron chi connectivity index (χ2n) is 16.5. The van der Waals surface area contributed by atoms with Crippen LogP contribution >= 0.6 is 11.3 Å². The number of carbonyl (C=O) groups excluding carboxylic acids is 4. The maximum absolute atomic E-state index is 14.8. The van der Waals surface area contributed by atoms with Crippen LogP contribution in [0, 0.1) is 23.7 Å². The van der Waals surface area contributed by atoms with E-state index in [1.165, 1.54) is 11.3 Å². The summed E-state index contributed by atoms with van der Waals surface area (Å²) in [5.74, 6) is -2.55. The van der Waals surface area contributed by atoms with Crippen LogP contribution in [0.3, 0.4) is 0 Å². The Kier molecular flexibility index (Phi) is 20.3. The van der Waals surface area contributed by atoms with Crippen LogP contribution in [0.25, 0.3) is 0 Å². The predicted molar refractivity (Wildman–Crippen MR) is 228 cm³/mol. The first-order chi connectivity index (χ1) is 27.6. The number of thiazole rings is 1. The second-order valence-corrected chi connectivity index (χ2v) is 17.4. The first-order valence-electron chi connectivity index (χ1n) is 21.7. The molecule has 58 heavy (non-hydrogen) atoms. The Balaban J connectivity index is 1.88. The van der Waals surface area contributed by atoms with Crippen LogP contribution in [0.1, 0.15) is 153 Å². The van der Waals surface area contributed by atoms with Crippen LogP contribution in [0.4, 0.5) is 0 Å². The van der Waals surface area contributed by atoms with Crippen LogP contribution < -0.4 is 5.32 Å². The van der Waals surface area contributed by atoms with Crippen LogP contribution in [0.15, 0.2) is 29.6 Å². The molecule has 0 aliphatic carbocycles. The molecule has 1 aliphatic heterocycles. The van der Waals surface area contributed by atoms with E-state index in [4.69, 9.17) is 9.72 Å². The highest BCUT2D eigenvalue weighted by atomic mass is 32.1. The molecule has 1 unspecified atom stereocenters. The zero-order valence-electron chi connectivity index (χ0n) is 36.2. The van der Waals surface area contributed by atoms with Crippen molar-refractivity contribution in [3.63, 3.8) is 0 Å². The lowest BCUT2D eigenvalue weighted by Crippen LogP contribution is -2.51. The van der Waals surface area contributed by atoms with Gasteiger partial charge in [-0.05, 0) is 80.9 Å². The minimum atomic E-state index is -0.955. The third kappa shape index (κ3) is 14.2. The van der Waals surface area contributed by atoms with E-state index in [9.17, 15) is 34.2 Å². The molecule has 0 bridgehead atoms. The fourth-order valence-corrected chi connectivity index (χ4v) is 8.76. The number of carboxylic acid groups (broad SMARTS) is 1. The number of aliphatic carboxylic acids is 1. The maximum Gasteiger partial charge on any atom is 0.306 e. The molecule has 3 rings (SSSR count). The molecule has 12 nitrogen and oxygen atoms in total. The number of aromatic hydroxyl groups is 1. The van der Waals surface area contributed by atoms with Gasteiger partial charge < -0.3 is 30.1 Å². The van der Waals surface area contributed by atoms with Gasteiger partial charge in [0, 0.05) is 62.3 Å². The molecule has 0 spiro atoms. The van der Waals surface area contributed by atoms with Crippen LogP contribution in [-0.2, 0) is 30.3 Å². The van der Waals surface area contributed by atoms with Crippen molar-refractivity contribution in [1.82, 2.24) is 20.1 Å². The second kappa shape index (κ2) is 24.3. The van der Waals surface area contributed by atoms with Gasteiger partial charge in [0.15, 0.2) is 5.78 Å². The van der Waals surface area contributed by atoms with E-state index in [1.807, 2.05) is 39.5 Å². The van der Waals surface area contributed by atoms with Gasteiger partial charge in [-0.3, -0.25) is 24.0 Å². The number of carboxylic acids is 1. The van der Waals surface area contributed by atoms with E-state index in [-0.39, 0.29) is 59.8 Å². The summed E-state index contributed by atoms with van der Waals surface area (Å²) in [6.07, 6.45) is 6.38. The predicted octanol–water partition coefficient (Wildman–Crippen LogP) is 8.22. The van der Waals surface area contributed by atoms with Crippen molar-refractivity contribution in [1.29, 1.82) is 0 Å². The zero-order valence-corrected chi connectivity index (χ0v) is 37.0. The van der Waals surface area contributed by atoms with Gasteiger partial charge in [0.05, 0.1) is 12.0 Å². The molecule has 0 radical (unpaired) electrons. The van der Waals surface area contributed by atoms with E-state index in [0.717, 1.165) is 44.1 Å². The molecule has 13 heteroatoms. The van der Waals surface area contributed by atoms with Crippen molar-refractivity contribution in [3.8, 4) is 5.75 Å². The number of piperidine rings is 1. The number of carbonyl (C=O) groups is 5. The number of Topliss-reactive ketones (excluding diaryl/α,β-unsaturated/α-hetero) is 1. The molecular weight excluding hydrogens is 757 g/mol. The summed E-state index contributed by atoms with van der Waals surface area (Å²) in [6.45, 7) is 17.5. The Morgan fingerprint density at radius 2 is 1.69 bits per heavy atom. The highest BCUT2D eigenvalue weighted by Crippen LogP contribution is 2.34. The Labute approximate surface area is 350 Å². The van der Waals surface area contributed by atoms with Gasteiger partial charge in [-0.15, -0.1) is 11.3 Å². The fourth-order valence-electron chi connectivity index (χ4n) is 7.90. The largest absolute Gasteiger partial charge is 0.508 e. The standard InChI is InChI=1S/C45H70N4O8S/c1-9-15-41(52)48-22-14-13-16-37(48)39(51)26-35(30(7)12-4)44(54)49(21-10-2)38(29(5)6)27-40(57-23-11-3)43-47-36(28-58-43)42(53)46-33(24-31(8)45(55)56)25-32-17-19-34(50)20-18-32/h17-20,28-31,33,35,37-38,40,50H,9-16,21-27H2,1-8H3,(H,46,53)(H,55,56)/t30-,31-,33+,35-,37+,38+,40?/m0/s1. The Morgan fingerprint density at radius 3 is 2.29 bits per heavy atom. The summed E-state index contributed by atoms with van der Waals surface area (Å²) >= 11 is 1.32. The SMILES string of the molecule is CCCOC(C[C@H](C(C)C)N(CCC)C(=O)[C@@H](CC(=O)[C@H]1CCCCN1C(=O)CCC)[C@@H](C)CC)c1nc(C(=O)N[C@@H](Cc2ccc(O)cc2)C[C@H](C)C(=O)O)cs1. The first-order valence-corrected chi connectivity index (χ1v) is 22.5. The monoisotopic (exact) mass is 826 g/mol. The first kappa shape index (κ1) is 48.5. The number of likely N-dealkylation sites (tertiary alicyclic amines) is 1. The van der Waals surface area contributed by atoms with Gasteiger partial charge in [0.1, 0.15) is 22.6 Å². The summed E-state index contributed by atoms with van der Waals surface area (Å²) in [4.78, 5) is 75.9. The van der Waals surface area contributed by atoms with Crippen molar-refractivity contribution in [2.45, 2.75) is 157 Å². The highest BCUT2D eigenvalue weighted by Gasteiger charge is 2.39. The van der Waals surface area contributed by atoms with Gasteiger partial charge in [-0.2, -0.15) is 0 Å². The molecule has 2 heterocycles. The maximum atomic E-state index is 14.8. The minimum absolute atomic E-state index is 0.0158. The minimum Gasteiger partial charge on any atom is -0.508 e. The van der Waals surface area contributed by atoms with Gasteiger partial charge >= 0.3 is 5.97 Å². The molecule has 1 fully saturated rings. The lowest BCUT2D eigenvalue weighted by Gasteiger charge is -2.40. The molecule has 3 amide bonds. The molecule has 1 aliphatic rings. The molecule has 1 aromatic heterocycles. The number of nitrogens with zero attached hydrogens (tertiary/aromatic N) is 3. The number of amides is 3. The highest BCUT2D eigenvalue weighted by molar-refractivity contribution is 7.09. The van der Waals surface area contributed by atoms with E-state index < -0.39 is 41.9 Å². The van der Waals surface area contributed by atoms with Gasteiger partial charge in [0.2, 0.25) is 11.8 Å². The molecule has 1 aromatic carbocycles. The van der Waals surface area contributed by atoms with Crippen molar-refractivity contribution in [3.05, 3.63) is 45.9 Å². The van der Waals surface area contributed by atoms with Crippen LogP contribution in [0.5, 0.6) is 5.75 Å². The van der Waals surface area contributed by atoms with Crippen molar-refractivity contribution >= 4 is 40.8 Å². The molecule has 2 aromatic rings. The van der Waals surface area contributed by atoms with Gasteiger partial charge in [-0.1, -0.05) is 73.9 Å². The normalized spacial score (nSPS) is 17.5. The number of hydrogen-bond donors (Lipinski definition) is 3. The molecule has 1 saturated heterocycles. The third-order valence-corrected chi connectivity index (χ3v) is 12.4. The van der Waals surface area contributed by atoms with E-state index in [0.29, 0.717) is 50.4 Å². The van der Waals surface area contributed by atoms with E-state index >= 15 is 0 Å². The molecule has 7 atom stereocenters. The average molecular weight is 827 g/mol. The summed E-state index contributed by atoms with van der Waals surface area (Å²) in [6, 6.07) is 5.38. The number of hydrogen-bond acceptors (Lipinski definition) is 9. The van der Waals surface area contributed by atoms with Crippen LogP contribution in [0.2, 0.25) is 0 Å². The molecule has 3 N–H and O–H groups in total. The number of rotatable bonds is 25. The van der Waals surface area contributed by atoms with Gasteiger partial charge in [-0.25, -0.2) is 4.98 Å².